The second-order valence-electron chi connectivity index (χ2n) is 4.17. The van der Waals surface area contributed by atoms with E-state index in [1.165, 1.54) is 0 Å². The zero-order chi connectivity index (χ0) is 12.6. The Morgan fingerprint density at radius 3 is 2.53 bits per heavy atom. The van der Waals surface area contributed by atoms with Crippen LogP contribution >= 0.6 is 11.6 Å². The lowest BCUT2D eigenvalue weighted by Gasteiger charge is -2.11. The van der Waals surface area contributed by atoms with Gasteiger partial charge in [-0.15, -0.1) is 0 Å². The van der Waals surface area contributed by atoms with Gasteiger partial charge in [0, 0.05) is 16.4 Å². The van der Waals surface area contributed by atoms with Crippen molar-refractivity contribution in [3.8, 4) is 5.69 Å². The first-order valence-electron chi connectivity index (χ1n) is 5.49. The summed E-state index contributed by atoms with van der Waals surface area (Å²) in [6.07, 6.45) is 1.22. The average molecular weight is 251 g/mol. The third kappa shape index (κ3) is 2.21. The molecule has 1 aromatic heterocycles. The molecule has 0 spiro atoms. The van der Waals surface area contributed by atoms with Crippen LogP contribution in [0.2, 0.25) is 5.02 Å². The fourth-order valence-electron chi connectivity index (χ4n) is 1.76. The molecule has 0 bridgehead atoms. The van der Waals surface area contributed by atoms with Crippen molar-refractivity contribution in [3.05, 3.63) is 46.5 Å². The minimum absolute atomic E-state index is 0.554. The van der Waals surface area contributed by atoms with Crippen LogP contribution in [0.4, 0.5) is 0 Å². The summed E-state index contributed by atoms with van der Waals surface area (Å²) < 4.78 is 1.98. The summed E-state index contributed by atoms with van der Waals surface area (Å²) >= 11 is 6.14. The fraction of sp³-hybridized carbons (Fsp3) is 0.308. The number of rotatable bonds is 2. The predicted molar refractivity (Wildman–Crippen MR) is 68.7 cm³/mol. The van der Waals surface area contributed by atoms with Crippen molar-refractivity contribution in [1.82, 2.24) is 9.55 Å². The van der Waals surface area contributed by atoms with Crippen molar-refractivity contribution in [2.24, 2.45) is 0 Å². The number of halogens is 1. The molecule has 4 heteroatoms. The zero-order valence-electron chi connectivity index (χ0n) is 10.1. The lowest BCUT2D eigenvalue weighted by atomic mass is 10.1. The van der Waals surface area contributed by atoms with E-state index in [0.717, 1.165) is 22.6 Å². The second kappa shape index (κ2) is 4.51. The van der Waals surface area contributed by atoms with Crippen molar-refractivity contribution in [2.75, 3.05) is 0 Å². The van der Waals surface area contributed by atoms with Gasteiger partial charge in [-0.2, -0.15) is 0 Å². The highest BCUT2D eigenvalue weighted by molar-refractivity contribution is 6.31. The van der Waals surface area contributed by atoms with Gasteiger partial charge < -0.3 is 9.67 Å². The number of nitrogens with zero attached hydrogens (tertiary/aromatic N) is 2. The molecule has 17 heavy (non-hydrogen) atoms. The number of hydrogen-bond acceptors (Lipinski definition) is 2. The Hall–Kier alpha value is -1.32. The van der Waals surface area contributed by atoms with Crippen LogP contribution in [0.1, 0.15) is 30.0 Å². The van der Waals surface area contributed by atoms with Gasteiger partial charge in [-0.3, -0.25) is 0 Å². The largest absolute Gasteiger partial charge is 0.389 e. The summed E-state index contributed by atoms with van der Waals surface area (Å²) in [4.78, 5) is 4.25. The van der Waals surface area contributed by atoms with Crippen LogP contribution in [0.15, 0.2) is 24.5 Å². The molecular weight excluding hydrogens is 236 g/mol. The molecule has 2 rings (SSSR count). The van der Waals surface area contributed by atoms with Gasteiger partial charge in [0.25, 0.3) is 0 Å². The zero-order valence-corrected chi connectivity index (χ0v) is 10.9. The standard InChI is InChI=1S/C13H15ClN2O/c1-8-9(2)16(7-15-8)11-4-5-12(10(3)17)13(14)6-11/h4-7,10,17H,1-3H3. The van der Waals surface area contributed by atoms with Crippen LogP contribution in [0.25, 0.3) is 5.69 Å². The van der Waals surface area contributed by atoms with E-state index < -0.39 is 6.10 Å². The summed E-state index contributed by atoms with van der Waals surface area (Å²) in [5, 5.41) is 10.1. The number of aliphatic hydroxyl groups excluding tert-OH is 1. The first-order valence-corrected chi connectivity index (χ1v) is 5.87. The Kier molecular flexibility index (Phi) is 3.22. The maximum absolute atomic E-state index is 9.52. The number of aliphatic hydroxyl groups is 1. The van der Waals surface area contributed by atoms with E-state index in [4.69, 9.17) is 11.6 Å². The first-order chi connectivity index (χ1) is 8.00. The molecule has 1 N–H and O–H groups in total. The van der Waals surface area contributed by atoms with Crippen LogP contribution in [-0.2, 0) is 0 Å². The smallest absolute Gasteiger partial charge is 0.0997 e. The van der Waals surface area contributed by atoms with Gasteiger partial charge in [-0.25, -0.2) is 4.98 Å². The maximum Gasteiger partial charge on any atom is 0.0997 e. The predicted octanol–water partition coefficient (Wildman–Crippen LogP) is 3.20. The molecule has 1 unspecified atom stereocenters. The van der Waals surface area contributed by atoms with Crippen molar-refractivity contribution in [3.63, 3.8) is 0 Å². The van der Waals surface area contributed by atoms with Gasteiger partial charge in [0.2, 0.25) is 0 Å². The summed E-state index contributed by atoms with van der Waals surface area (Å²) in [6.45, 7) is 5.68. The van der Waals surface area contributed by atoms with Crippen molar-refractivity contribution in [2.45, 2.75) is 26.9 Å². The number of imidazole rings is 1. The van der Waals surface area contributed by atoms with Crippen molar-refractivity contribution in [1.29, 1.82) is 0 Å². The lowest BCUT2D eigenvalue weighted by molar-refractivity contribution is 0.199. The van der Waals surface area contributed by atoms with Crippen LogP contribution in [-0.4, -0.2) is 14.7 Å². The van der Waals surface area contributed by atoms with Gasteiger partial charge in [0.05, 0.1) is 18.1 Å². The molecule has 3 nitrogen and oxygen atoms in total. The minimum Gasteiger partial charge on any atom is -0.389 e. The summed E-state index contributed by atoms with van der Waals surface area (Å²) in [7, 11) is 0. The van der Waals surface area contributed by atoms with Gasteiger partial charge in [-0.1, -0.05) is 17.7 Å². The molecule has 0 saturated carbocycles. The molecule has 0 aliphatic rings. The lowest BCUT2D eigenvalue weighted by Crippen LogP contribution is -1.98. The average Bonchev–Trinajstić information content (AvgIpc) is 2.59. The highest BCUT2D eigenvalue weighted by Gasteiger charge is 2.09. The molecule has 0 fully saturated rings. The van der Waals surface area contributed by atoms with Crippen LogP contribution in [0, 0.1) is 13.8 Å². The Bertz CT molecular complexity index is 546. The quantitative estimate of drug-likeness (QED) is 0.889. The monoisotopic (exact) mass is 250 g/mol. The van der Waals surface area contributed by atoms with E-state index in [9.17, 15) is 5.11 Å². The van der Waals surface area contributed by atoms with Gasteiger partial charge in [-0.05, 0) is 38.5 Å². The molecule has 0 amide bonds. The molecule has 0 aliphatic carbocycles. The van der Waals surface area contributed by atoms with E-state index in [-0.39, 0.29) is 0 Å². The van der Waals surface area contributed by atoms with E-state index in [0.29, 0.717) is 5.02 Å². The van der Waals surface area contributed by atoms with Crippen LogP contribution in [0.5, 0.6) is 0 Å². The number of hydrogen-bond donors (Lipinski definition) is 1. The van der Waals surface area contributed by atoms with Gasteiger partial charge in [0.1, 0.15) is 0 Å². The highest BCUT2D eigenvalue weighted by atomic mass is 35.5. The van der Waals surface area contributed by atoms with Gasteiger partial charge in [0.15, 0.2) is 0 Å². The third-order valence-electron chi connectivity index (χ3n) is 2.96. The summed E-state index contributed by atoms with van der Waals surface area (Å²) in [6, 6.07) is 5.62. The normalized spacial score (nSPS) is 12.8. The summed E-state index contributed by atoms with van der Waals surface area (Å²) in [5.41, 5.74) is 3.79. The number of aryl methyl sites for hydroxylation is 1. The second-order valence-corrected chi connectivity index (χ2v) is 4.57. The highest BCUT2D eigenvalue weighted by Crippen LogP contribution is 2.26. The van der Waals surface area contributed by atoms with E-state index in [1.807, 2.05) is 36.6 Å². The Morgan fingerprint density at radius 1 is 1.35 bits per heavy atom. The fourth-order valence-corrected chi connectivity index (χ4v) is 2.10. The minimum atomic E-state index is -0.554. The number of aromatic nitrogens is 2. The van der Waals surface area contributed by atoms with E-state index in [2.05, 4.69) is 4.98 Å². The Balaban J connectivity index is 2.48. The molecule has 2 aromatic rings. The molecule has 1 heterocycles. The number of benzene rings is 1. The Labute approximate surface area is 106 Å². The maximum atomic E-state index is 9.52. The van der Waals surface area contributed by atoms with Crippen LogP contribution < -0.4 is 0 Å². The first kappa shape index (κ1) is 12.1. The molecule has 0 aliphatic heterocycles. The molecule has 1 aromatic carbocycles. The van der Waals surface area contributed by atoms with Crippen LogP contribution in [0.3, 0.4) is 0 Å². The molecule has 0 radical (unpaired) electrons. The molecule has 90 valence electrons. The summed E-state index contributed by atoms with van der Waals surface area (Å²) in [5.74, 6) is 0. The Morgan fingerprint density at radius 2 is 2.06 bits per heavy atom. The topological polar surface area (TPSA) is 38.0 Å². The van der Waals surface area contributed by atoms with Crippen molar-refractivity contribution < 1.29 is 5.11 Å². The molecular formula is C13H15ClN2O. The molecule has 1 atom stereocenters. The van der Waals surface area contributed by atoms with Crippen molar-refractivity contribution >= 4 is 11.6 Å². The molecule has 0 saturated heterocycles. The van der Waals surface area contributed by atoms with E-state index >= 15 is 0 Å². The SMILES string of the molecule is Cc1ncn(-c2ccc(C(C)O)c(Cl)c2)c1C. The van der Waals surface area contributed by atoms with Gasteiger partial charge >= 0.3 is 0 Å². The third-order valence-corrected chi connectivity index (χ3v) is 3.29. The van der Waals surface area contributed by atoms with E-state index in [1.54, 1.807) is 13.3 Å².